The van der Waals surface area contributed by atoms with Gasteiger partial charge in [-0.05, 0) is 37.7 Å². The van der Waals surface area contributed by atoms with Gasteiger partial charge in [0.15, 0.2) is 0 Å². The molecule has 2 aliphatic rings. The summed E-state index contributed by atoms with van der Waals surface area (Å²) >= 11 is 6.09. The fourth-order valence-corrected chi connectivity index (χ4v) is 4.56. The lowest BCUT2D eigenvalue weighted by Gasteiger charge is -2.37. The first-order valence-electron chi connectivity index (χ1n) is 11.2. The van der Waals surface area contributed by atoms with Crippen LogP contribution in [-0.2, 0) is 4.79 Å². The Morgan fingerprint density at radius 2 is 1.91 bits per heavy atom. The number of nitrogens with zero attached hydrogens (tertiary/aromatic N) is 2. The highest BCUT2D eigenvalue weighted by molar-refractivity contribution is 6.33. The average molecular weight is 461 g/mol. The van der Waals surface area contributed by atoms with Gasteiger partial charge in [0, 0.05) is 50.9 Å². The zero-order valence-corrected chi connectivity index (χ0v) is 19.4. The number of hydrogen-bond donors (Lipinski definition) is 2. The molecule has 3 N–H and O–H groups in total. The lowest BCUT2D eigenvalue weighted by atomic mass is 9.94. The molecule has 2 amide bonds. The highest BCUT2D eigenvalue weighted by Crippen LogP contribution is 2.29. The highest BCUT2D eigenvalue weighted by Gasteiger charge is 2.27. The second-order valence-electron chi connectivity index (χ2n) is 8.49. The first-order chi connectivity index (χ1) is 15.4. The van der Waals surface area contributed by atoms with Gasteiger partial charge in [0.25, 0.3) is 5.91 Å². The molecule has 0 radical (unpaired) electrons. The molecule has 0 spiro atoms. The third-order valence-electron chi connectivity index (χ3n) is 6.30. The van der Waals surface area contributed by atoms with Gasteiger partial charge >= 0.3 is 0 Å². The first-order valence-corrected chi connectivity index (χ1v) is 11.5. The number of nitrogens with two attached hydrogens (primary N) is 1. The fourth-order valence-electron chi connectivity index (χ4n) is 4.40. The predicted octanol–water partition coefficient (Wildman–Crippen LogP) is 3.11. The van der Waals surface area contributed by atoms with Gasteiger partial charge in [-0.3, -0.25) is 9.59 Å². The molecule has 0 aliphatic carbocycles. The van der Waals surface area contributed by atoms with E-state index in [1.807, 2.05) is 4.90 Å². The van der Waals surface area contributed by atoms with Crippen molar-refractivity contribution in [1.29, 1.82) is 0 Å². The van der Waals surface area contributed by atoms with Crippen LogP contribution in [0, 0.1) is 5.92 Å². The van der Waals surface area contributed by atoms with Gasteiger partial charge in [0.05, 0.1) is 23.4 Å². The minimum Gasteiger partial charge on any atom is -0.496 e. The number of allylic oxidation sites excluding steroid dienone is 2. The largest absolute Gasteiger partial charge is 0.496 e. The van der Waals surface area contributed by atoms with Crippen LogP contribution in [0.25, 0.3) is 0 Å². The Labute approximate surface area is 195 Å². The van der Waals surface area contributed by atoms with Gasteiger partial charge in [-0.1, -0.05) is 30.3 Å². The smallest absolute Gasteiger partial charge is 0.255 e. The number of likely N-dealkylation sites (tertiary alicyclic amines) is 2. The molecule has 174 valence electrons. The number of methoxy groups -OCH3 is 1. The molecule has 1 aromatic carbocycles. The summed E-state index contributed by atoms with van der Waals surface area (Å²) in [5.41, 5.74) is 6.60. The van der Waals surface area contributed by atoms with Crippen LogP contribution in [0.5, 0.6) is 5.75 Å². The van der Waals surface area contributed by atoms with E-state index in [1.165, 1.54) is 7.11 Å². The Bertz CT molecular complexity index is 857. The Kier molecular flexibility index (Phi) is 8.59. The molecule has 7 nitrogen and oxygen atoms in total. The van der Waals surface area contributed by atoms with Crippen LogP contribution in [0.2, 0.25) is 5.02 Å². The molecule has 3 rings (SSSR count). The molecular formula is C24H33ClN4O3. The monoisotopic (exact) mass is 460 g/mol. The normalized spacial score (nSPS) is 18.6. The predicted molar refractivity (Wildman–Crippen MR) is 128 cm³/mol. The second kappa shape index (κ2) is 11.4. The molecule has 2 fully saturated rings. The zero-order valence-electron chi connectivity index (χ0n) is 18.7. The van der Waals surface area contributed by atoms with Crippen molar-refractivity contribution in [2.75, 3.05) is 45.6 Å². The minimum absolute atomic E-state index is 0.0685. The SMILES string of the molecule is C=C/C=C/C(=O)N1CCC(CN2CCC(NC(=O)c3cc(Cl)c(N)cc3OC)CC2)CC1. The van der Waals surface area contributed by atoms with E-state index < -0.39 is 0 Å². The topological polar surface area (TPSA) is 87.9 Å². The summed E-state index contributed by atoms with van der Waals surface area (Å²) in [4.78, 5) is 29.2. The molecule has 0 saturated carbocycles. The number of nitrogen functional groups attached to an aromatic ring is 1. The lowest BCUT2D eigenvalue weighted by Crippen LogP contribution is -2.47. The van der Waals surface area contributed by atoms with Gasteiger partial charge < -0.3 is 25.6 Å². The summed E-state index contributed by atoms with van der Waals surface area (Å²) in [6, 6.07) is 3.26. The van der Waals surface area contributed by atoms with Crippen molar-refractivity contribution in [2.24, 2.45) is 5.92 Å². The number of carbonyl (C=O) groups excluding carboxylic acids is 2. The number of rotatable bonds is 7. The number of hydrogen-bond acceptors (Lipinski definition) is 5. The average Bonchev–Trinajstić information content (AvgIpc) is 2.80. The number of nitrogens with one attached hydrogen (secondary N) is 1. The molecule has 2 heterocycles. The fraction of sp³-hybridized carbons (Fsp3) is 0.500. The van der Waals surface area contributed by atoms with Crippen molar-refractivity contribution in [3.8, 4) is 5.75 Å². The third-order valence-corrected chi connectivity index (χ3v) is 6.63. The van der Waals surface area contributed by atoms with Gasteiger partial charge in [0.2, 0.25) is 5.91 Å². The van der Waals surface area contributed by atoms with E-state index in [4.69, 9.17) is 22.1 Å². The molecule has 1 aromatic rings. The summed E-state index contributed by atoms with van der Waals surface area (Å²) in [6.45, 7) is 8.17. The van der Waals surface area contributed by atoms with Crippen LogP contribution in [0.15, 0.2) is 36.9 Å². The van der Waals surface area contributed by atoms with Crippen molar-refractivity contribution in [3.63, 3.8) is 0 Å². The number of halogens is 1. The zero-order chi connectivity index (χ0) is 23.1. The maximum atomic E-state index is 12.8. The standard InChI is InChI=1S/C24H33ClN4O3/c1-3-4-5-23(30)29-12-6-17(7-13-29)16-28-10-8-18(9-11-28)27-24(31)19-14-20(25)21(26)15-22(19)32-2/h3-5,14-15,17-18H,1,6-13,16,26H2,2H3,(H,27,31)/b5-4+. The van der Waals surface area contributed by atoms with Crippen LogP contribution in [0.3, 0.4) is 0 Å². The molecule has 0 atom stereocenters. The van der Waals surface area contributed by atoms with Crippen LogP contribution < -0.4 is 15.8 Å². The van der Waals surface area contributed by atoms with E-state index in [0.29, 0.717) is 27.9 Å². The highest BCUT2D eigenvalue weighted by atomic mass is 35.5. The Hall–Kier alpha value is -2.51. The van der Waals surface area contributed by atoms with Crippen LogP contribution >= 0.6 is 11.6 Å². The van der Waals surface area contributed by atoms with Crippen LogP contribution in [0.4, 0.5) is 5.69 Å². The van der Waals surface area contributed by atoms with E-state index in [-0.39, 0.29) is 17.9 Å². The van der Waals surface area contributed by atoms with Crippen molar-refractivity contribution in [1.82, 2.24) is 15.1 Å². The molecule has 2 saturated heterocycles. The minimum atomic E-state index is -0.190. The third kappa shape index (κ3) is 6.26. The van der Waals surface area contributed by atoms with Crippen molar-refractivity contribution >= 4 is 29.1 Å². The summed E-state index contributed by atoms with van der Waals surface area (Å²) in [7, 11) is 1.51. The Morgan fingerprint density at radius 3 is 2.53 bits per heavy atom. The Balaban J connectivity index is 1.43. The molecule has 8 heteroatoms. The van der Waals surface area contributed by atoms with Gasteiger partial charge in [-0.2, -0.15) is 0 Å². The molecule has 32 heavy (non-hydrogen) atoms. The van der Waals surface area contributed by atoms with Crippen molar-refractivity contribution in [3.05, 3.63) is 47.5 Å². The molecule has 0 aromatic heterocycles. The lowest BCUT2D eigenvalue weighted by molar-refractivity contribution is -0.127. The van der Waals surface area contributed by atoms with E-state index in [9.17, 15) is 9.59 Å². The number of benzene rings is 1. The van der Waals surface area contributed by atoms with Crippen LogP contribution in [-0.4, -0.2) is 67.5 Å². The second-order valence-corrected chi connectivity index (χ2v) is 8.89. The summed E-state index contributed by atoms with van der Waals surface area (Å²) in [5.74, 6) is 0.907. The van der Waals surface area contributed by atoms with Crippen molar-refractivity contribution < 1.29 is 14.3 Å². The van der Waals surface area contributed by atoms with E-state index in [0.717, 1.165) is 58.4 Å². The molecular weight excluding hydrogens is 428 g/mol. The molecule has 0 bridgehead atoms. The summed E-state index contributed by atoms with van der Waals surface area (Å²) < 4.78 is 5.29. The Morgan fingerprint density at radius 1 is 1.22 bits per heavy atom. The van der Waals surface area contributed by atoms with Gasteiger partial charge in [-0.15, -0.1) is 0 Å². The molecule has 2 aliphatic heterocycles. The number of carbonyl (C=O) groups is 2. The summed E-state index contributed by atoms with van der Waals surface area (Å²) in [5, 5.41) is 3.46. The maximum Gasteiger partial charge on any atom is 0.255 e. The first kappa shape index (κ1) is 24.1. The van der Waals surface area contributed by atoms with E-state index >= 15 is 0 Å². The van der Waals surface area contributed by atoms with Crippen molar-refractivity contribution in [2.45, 2.75) is 31.7 Å². The van der Waals surface area contributed by atoms with Gasteiger partial charge in [-0.25, -0.2) is 0 Å². The maximum absolute atomic E-state index is 12.8. The number of anilines is 1. The quantitative estimate of drug-likeness (QED) is 0.371. The number of amides is 2. The number of piperidine rings is 2. The van der Waals surface area contributed by atoms with Gasteiger partial charge in [0.1, 0.15) is 5.75 Å². The van der Waals surface area contributed by atoms with E-state index in [1.54, 1.807) is 30.4 Å². The molecule has 0 unspecified atom stereocenters. The number of ether oxygens (including phenoxy) is 1. The van der Waals surface area contributed by atoms with E-state index in [2.05, 4.69) is 16.8 Å². The van der Waals surface area contributed by atoms with Crippen LogP contribution in [0.1, 0.15) is 36.0 Å². The summed E-state index contributed by atoms with van der Waals surface area (Å²) in [6.07, 6.45) is 8.76.